The molecule has 0 bridgehead atoms. The van der Waals surface area contributed by atoms with Crippen LogP contribution in [0.15, 0.2) is 0 Å². The first-order valence-corrected chi connectivity index (χ1v) is 8.01. The van der Waals surface area contributed by atoms with Gasteiger partial charge in [0.1, 0.15) is 5.41 Å². The molecule has 2 atom stereocenters. The fourth-order valence-corrected chi connectivity index (χ4v) is 5.38. The molecule has 0 aromatic carbocycles. The summed E-state index contributed by atoms with van der Waals surface area (Å²) < 4.78 is 5.19. The van der Waals surface area contributed by atoms with Gasteiger partial charge in [-0.3, -0.25) is 4.79 Å². The van der Waals surface area contributed by atoms with E-state index >= 15 is 0 Å². The second-order valence-corrected chi connectivity index (χ2v) is 6.65. The number of thioether (sulfide) groups is 2. The third-order valence-corrected chi connectivity index (χ3v) is 5.94. The molecule has 3 nitrogen and oxygen atoms in total. The molecular formula is C11H18O3S2. The van der Waals surface area contributed by atoms with Crippen molar-refractivity contribution in [3.05, 3.63) is 0 Å². The van der Waals surface area contributed by atoms with E-state index in [9.17, 15) is 9.90 Å². The van der Waals surface area contributed by atoms with E-state index in [-0.39, 0.29) is 5.97 Å². The molecule has 1 N–H and O–H groups in total. The second kappa shape index (κ2) is 4.78. The highest BCUT2D eigenvalue weighted by molar-refractivity contribution is 8.00. The molecule has 0 aromatic heterocycles. The summed E-state index contributed by atoms with van der Waals surface area (Å²) in [6.07, 6.45) is 1.48. The van der Waals surface area contributed by atoms with E-state index in [1.165, 1.54) is 0 Å². The van der Waals surface area contributed by atoms with Crippen molar-refractivity contribution in [3.8, 4) is 0 Å². The number of hydrogen-bond acceptors (Lipinski definition) is 5. The van der Waals surface area contributed by atoms with Crippen molar-refractivity contribution >= 4 is 29.5 Å². The maximum Gasteiger partial charge on any atom is 0.315 e. The van der Waals surface area contributed by atoms with Crippen LogP contribution >= 0.6 is 23.5 Å². The Labute approximate surface area is 105 Å². The summed E-state index contributed by atoms with van der Waals surface area (Å²) >= 11 is 3.49. The molecule has 2 aliphatic rings. The lowest BCUT2D eigenvalue weighted by Crippen LogP contribution is -2.54. The van der Waals surface area contributed by atoms with Crippen LogP contribution in [0.3, 0.4) is 0 Å². The predicted molar refractivity (Wildman–Crippen MR) is 67.9 cm³/mol. The van der Waals surface area contributed by atoms with Gasteiger partial charge in [0.15, 0.2) is 0 Å². The van der Waals surface area contributed by atoms with Crippen LogP contribution in [-0.4, -0.2) is 46.3 Å². The lowest BCUT2D eigenvalue weighted by molar-refractivity contribution is -0.169. The largest absolute Gasteiger partial charge is 0.465 e. The number of hydrogen-bond donors (Lipinski definition) is 1. The minimum absolute atomic E-state index is 0.190. The molecule has 2 unspecified atom stereocenters. The highest BCUT2D eigenvalue weighted by Crippen LogP contribution is 2.51. The fraction of sp³-hybridized carbons (Fsp3) is 0.909. The summed E-state index contributed by atoms with van der Waals surface area (Å²) in [6, 6.07) is 0. The maximum absolute atomic E-state index is 12.2. The van der Waals surface area contributed by atoms with Crippen molar-refractivity contribution in [2.75, 3.05) is 29.6 Å². The van der Waals surface area contributed by atoms with E-state index in [1.807, 2.05) is 6.92 Å². The average Bonchev–Trinajstić information content (AvgIpc) is 2.87. The Hall–Kier alpha value is 0.130. The molecule has 2 fully saturated rings. The van der Waals surface area contributed by atoms with Gasteiger partial charge in [0.2, 0.25) is 0 Å². The predicted octanol–water partition coefficient (Wildman–Crippen LogP) is 1.54. The Balaban J connectivity index is 2.24. The zero-order valence-corrected chi connectivity index (χ0v) is 11.2. The zero-order valence-electron chi connectivity index (χ0n) is 9.53. The van der Waals surface area contributed by atoms with Gasteiger partial charge in [-0.25, -0.2) is 0 Å². The van der Waals surface area contributed by atoms with E-state index in [0.29, 0.717) is 18.1 Å². The molecular weight excluding hydrogens is 244 g/mol. The van der Waals surface area contributed by atoms with Gasteiger partial charge in [-0.1, -0.05) is 0 Å². The average molecular weight is 262 g/mol. The molecule has 16 heavy (non-hydrogen) atoms. The molecule has 92 valence electrons. The van der Waals surface area contributed by atoms with Gasteiger partial charge in [-0.15, -0.1) is 0 Å². The molecule has 0 aromatic rings. The Kier molecular flexibility index (Phi) is 3.76. The summed E-state index contributed by atoms with van der Waals surface area (Å²) in [5.74, 6) is 3.09. The SMILES string of the molecule is CCOC(=O)C1(C2(O)CCSC2)CCSC1. The maximum atomic E-state index is 12.2. The number of rotatable bonds is 3. The number of aliphatic hydroxyl groups is 1. The summed E-state index contributed by atoms with van der Waals surface area (Å²) in [7, 11) is 0. The standard InChI is InChI=1S/C11H18O3S2/c1-2-14-9(12)10(3-5-15-7-10)11(13)4-6-16-8-11/h13H,2-8H2,1H3. The van der Waals surface area contributed by atoms with Crippen LogP contribution in [0.5, 0.6) is 0 Å². The van der Waals surface area contributed by atoms with E-state index in [4.69, 9.17) is 4.74 Å². The van der Waals surface area contributed by atoms with Crippen molar-refractivity contribution in [3.63, 3.8) is 0 Å². The molecule has 2 heterocycles. The van der Waals surface area contributed by atoms with Crippen LogP contribution in [0, 0.1) is 5.41 Å². The molecule has 0 saturated carbocycles. The highest BCUT2D eigenvalue weighted by atomic mass is 32.2. The molecule has 2 aliphatic heterocycles. The fourth-order valence-electron chi connectivity index (χ4n) is 2.48. The van der Waals surface area contributed by atoms with Crippen LogP contribution in [-0.2, 0) is 9.53 Å². The van der Waals surface area contributed by atoms with Crippen LogP contribution in [0.25, 0.3) is 0 Å². The Bertz CT molecular complexity index is 268. The minimum atomic E-state index is -0.840. The third kappa shape index (κ3) is 1.87. The summed E-state index contributed by atoms with van der Waals surface area (Å²) in [5, 5.41) is 10.7. The molecule has 0 amide bonds. The smallest absolute Gasteiger partial charge is 0.315 e. The monoisotopic (exact) mass is 262 g/mol. The van der Waals surface area contributed by atoms with Crippen LogP contribution in [0.4, 0.5) is 0 Å². The number of esters is 1. The van der Waals surface area contributed by atoms with Crippen molar-refractivity contribution in [1.82, 2.24) is 0 Å². The first-order valence-electron chi connectivity index (χ1n) is 5.70. The van der Waals surface area contributed by atoms with Crippen molar-refractivity contribution in [2.45, 2.75) is 25.4 Å². The van der Waals surface area contributed by atoms with E-state index < -0.39 is 11.0 Å². The van der Waals surface area contributed by atoms with Crippen LogP contribution in [0.2, 0.25) is 0 Å². The Morgan fingerprint density at radius 3 is 2.50 bits per heavy atom. The molecule has 2 saturated heterocycles. The van der Waals surface area contributed by atoms with Crippen molar-refractivity contribution in [2.24, 2.45) is 5.41 Å². The molecule has 5 heteroatoms. The van der Waals surface area contributed by atoms with E-state index in [2.05, 4.69) is 0 Å². The van der Waals surface area contributed by atoms with Gasteiger partial charge in [0, 0.05) is 11.5 Å². The quantitative estimate of drug-likeness (QED) is 0.782. The first kappa shape index (κ1) is 12.6. The van der Waals surface area contributed by atoms with Crippen molar-refractivity contribution < 1.29 is 14.6 Å². The van der Waals surface area contributed by atoms with Crippen molar-refractivity contribution in [1.29, 1.82) is 0 Å². The minimum Gasteiger partial charge on any atom is -0.465 e. The molecule has 0 radical (unpaired) electrons. The van der Waals surface area contributed by atoms with Crippen LogP contribution in [0.1, 0.15) is 19.8 Å². The zero-order chi connectivity index (χ0) is 11.6. The van der Waals surface area contributed by atoms with E-state index in [1.54, 1.807) is 23.5 Å². The molecule has 2 rings (SSSR count). The van der Waals surface area contributed by atoms with Crippen LogP contribution < -0.4 is 0 Å². The Morgan fingerprint density at radius 2 is 2.00 bits per heavy atom. The van der Waals surface area contributed by atoms with Gasteiger partial charge in [-0.05, 0) is 31.3 Å². The number of ether oxygens (including phenoxy) is 1. The van der Waals surface area contributed by atoms with Gasteiger partial charge < -0.3 is 9.84 Å². The first-order chi connectivity index (χ1) is 7.65. The Morgan fingerprint density at radius 1 is 1.31 bits per heavy atom. The van der Waals surface area contributed by atoms with Gasteiger partial charge in [0.05, 0.1) is 12.2 Å². The lowest BCUT2D eigenvalue weighted by Gasteiger charge is -2.39. The third-order valence-electron chi connectivity index (χ3n) is 3.58. The van der Waals surface area contributed by atoms with Gasteiger partial charge in [-0.2, -0.15) is 23.5 Å². The highest BCUT2D eigenvalue weighted by Gasteiger charge is 2.59. The molecule has 0 spiro atoms. The normalized spacial score (nSPS) is 38.9. The van der Waals surface area contributed by atoms with E-state index in [0.717, 1.165) is 24.3 Å². The lowest BCUT2D eigenvalue weighted by atomic mass is 9.71. The number of carbonyl (C=O) groups is 1. The summed E-state index contributed by atoms with van der Waals surface area (Å²) in [5.41, 5.74) is -1.48. The van der Waals surface area contributed by atoms with Gasteiger partial charge >= 0.3 is 5.97 Å². The number of carbonyl (C=O) groups excluding carboxylic acids is 1. The topological polar surface area (TPSA) is 46.5 Å². The second-order valence-electron chi connectivity index (χ2n) is 4.44. The van der Waals surface area contributed by atoms with Gasteiger partial charge in [0.25, 0.3) is 0 Å². The summed E-state index contributed by atoms with van der Waals surface area (Å²) in [6.45, 7) is 2.22. The molecule has 0 aliphatic carbocycles. The summed E-state index contributed by atoms with van der Waals surface area (Å²) in [4.78, 5) is 12.2.